The van der Waals surface area contributed by atoms with E-state index in [2.05, 4.69) is 25.9 Å². The molecule has 1 N–H and O–H groups in total. The maximum atomic E-state index is 9.84. The fourth-order valence-corrected chi connectivity index (χ4v) is 2.78. The first kappa shape index (κ1) is 14.2. The molecule has 0 saturated heterocycles. The smallest absolute Gasteiger partial charge is 0.164 e. The molecule has 2 aromatic heterocycles. The van der Waals surface area contributed by atoms with Crippen molar-refractivity contribution in [3.05, 3.63) is 53.5 Å². The second-order valence-electron chi connectivity index (χ2n) is 5.05. The van der Waals surface area contributed by atoms with Gasteiger partial charge in [0.1, 0.15) is 11.3 Å². The van der Waals surface area contributed by atoms with Gasteiger partial charge in [0.25, 0.3) is 0 Å². The largest absolute Gasteiger partial charge is 0.388 e. The summed E-state index contributed by atoms with van der Waals surface area (Å²) in [6, 6.07) is 11.8. The summed E-state index contributed by atoms with van der Waals surface area (Å²) in [5.74, 6) is 0.900. The number of hydrogen-bond donors (Lipinski definition) is 1. The summed E-state index contributed by atoms with van der Waals surface area (Å²) in [4.78, 5) is 9.14. The molecule has 3 aromatic rings. The minimum Gasteiger partial charge on any atom is -0.388 e. The normalized spacial score (nSPS) is 12.8. The van der Waals surface area contributed by atoms with Gasteiger partial charge in [0.15, 0.2) is 5.65 Å². The van der Waals surface area contributed by atoms with E-state index < -0.39 is 6.10 Å². The molecule has 0 fully saturated rings. The summed E-state index contributed by atoms with van der Waals surface area (Å²) < 4.78 is 2.03. The number of alkyl halides is 1. The molecule has 1 aromatic carbocycles. The average molecular weight is 346 g/mol. The molecule has 0 spiro atoms. The third-order valence-electron chi connectivity index (χ3n) is 3.49. The maximum absolute atomic E-state index is 9.84. The van der Waals surface area contributed by atoms with E-state index in [1.54, 1.807) is 0 Å². The molecule has 1 atom stereocenters. The predicted molar refractivity (Wildman–Crippen MR) is 87.1 cm³/mol. The third kappa shape index (κ3) is 2.59. The number of nitrogens with zero attached hydrogens (tertiary/aromatic N) is 3. The molecule has 4 nitrogen and oxygen atoms in total. The minimum absolute atomic E-state index is 0.486. The summed E-state index contributed by atoms with van der Waals surface area (Å²) in [5, 5.41) is 10.4. The zero-order valence-electron chi connectivity index (χ0n) is 11.9. The molecule has 0 saturated carbocycles. The van der Waals surface area contributed by atoms with Crippen molar-refractivity contribution in [3.8, 4) is 5.69 Å². The molecule has 21 heavy (non-hydrogen) atoms. The highest BCUT2D eigenvalue weighted by Gasteiger charge is 2.11. The molecule has 0 amide bonds. The van der Waals surface area contributed by atoms with Crippen LogP contribution in [-0.2, 0) is 0 Å². The van der Waals surface area contributed by atoms with E-state index in [9.17, 15) is 5.11 Å². The van der Waals surface area contributed by atoms with Crippen molar-refractivity contribution in [1.82, 2.24) is 14.5 Å². The van der Waals surface area contributed by atoms with Crippen LogP contribution >= 0.6 is 15.9 Å². The Kier molecular flexibility index (Phi) is 3.78. The van der Waals surface area contributed by atoms with Crippen LogP contribution in [0.3, 0.4) is 0 Å². The van der Waals surface area contributed by atoms with Crippen LogP contribution in [0.1, 0.15) is 23.2 Å². The first-order valence-electron chi connectivity index (χ1n) is 6.77. The Labute approximate surface area is 131 Å². The Hall–Kier alpha value is -1.72. The standard InChI is InChI=1S/C16H16BrN3O/c1-10-3-8-14-16(18-10)20(11(2)19-14)13-6-4-12(5-7-13)15(21)9-17/h3-8,15,21H,9H2,1-2H3. The van der Waals surface area contributed by atoms with Crippen molar-refractivity contribution in [1.29, 1.82) is 0 Å². The van der Waals surface area contributed by atoms with E-state index in [-0.39, 0.29) is 0 Å². The van der Waals surface area contributed by atoms with E-state index >= 15 is 0 Å². The van der Waals surface area contributed by atoms with Crippen LogP contribution in [0.15, 0.2) is 36.4 Å². The fraction of sp³-hybridized carbons (Fsp3) is 0.250. The molecule has 0 aliphatic carbocycles. The molecule has 108 valence electrons. The molecule has 1 unspecified atom stereocenters. The summed E-state index contributed by atoms with van der Waals surface area (Å²) in [5.41, 5.74) is 4.61. The van der Waals surface area contributed by atoms with E-state index in [1.807, 2.05) is 54.8 Å². The Morgan fingerprint density at radius 3 is 2.48 bits per heavy atom. The van der Waals surface area contributed by atoms with Crippen LogP contribution in [-0.4, -0.2) is 25.0 Å². The summed E-state index contributed by atoms with van der Waals surface area (Å²) in [7, 11) is 0. The Morgan fingerprint density at radius 1 is 1.10 bits per heavy atom. The van der Waals surface area contributed by atoms with E-state index in [4.69, 9.17) is 0 Å². The van der Waals surface area contributed by atoms with Gasteiger partial charge in [-0.15, -0.1) is 0 Å². The lowest BCUT2D eigenvalue weighted by Crippen LogP contribution is -2.01. The number of aliphatic hydroxyl groups is 1. The highest BCUT2D eigenvalue weighted by atomic mass is 79.9. The number of aryl methyl sites for hydroxylation is 2. The van der Waals surface area contributed by atoms with Gasteiger partial charge in [0.2, 0.25) is 0 Å². The quantitative estimate of drug-likeness (QED) is 0.739. The van der Waals surface area contributed by atoms with Crippen LogP contribution in [0.5, 0.6) is 0 Å². The number of fused-ring (bicyclic) bond motifs is 1. The lowest BCUT2D eigenvalue weighted by Gasteiger charge is -2.10. The van der Waals surface area contributed by atoms with Gasteiger partial charge in [-0.2, -0.15) is 0 Å². The van der Waals surface area contributed by atoms with Gasteiger partial charge in [0, 0.05) is 16.7 Å². The van der Waals surface area contributed by atoms with Gasteiger partial charge in [-0.1, -0.05) is 28.1 Å². The van der Waals surface area contributed by atoms with Crippen molar-refractivity contribution in [2.24, 2.45) is 0 Å². The number of benzene rings is 1. The molecule has 3 rings (SSSR count). The Balaban J connectivity index is 2.11. The highest BCUT2D eigenvalue weighted by molar-refractivity contribution is 9.09. The summed E-state index contributed by atoms with van der Waals surface area (Å²) in [6.45, 7) is 3.94. The number of halogens is 1. The highest BCUT2D eigenvalue weighted by Crippen LogP contribution is 2.22. The molecular weight excluding hydrogens is 330 g/mol. The number of pyridine rings is 1. The zero-order valence-corrected chi connectivity index (χ0v) is 13.5. The number of hydrogen-bond acceptors (Lipinski definition) is 3. The van der Waals surface area contributed by atoms with Gasteiger partial charge in [-0.3, -0.25) is 4.57 Å². The van der Waals surface area contributed by atoms with Crippen molar-refractivity contribution in [2.45, 2.75) is 20.0 Å². The second kappa shape index (κ2) is 5.58. The fourth-order valence-electron chi connectivity index (χ4n) is 2.41. The number of rotatable bonds is 3. The van der Waals surface area contributed by atoms with E-state index in [0.717, 1.165) is 33.9 Å². The lowest BCUT2D eigenvalue weighted by atomic mass is 10.1. The SMILES string of the molecule is Cc1ccc2nc(C)n(-c3ccc(C(O)CBr)cc3)c2n1. The van der Waals surface area contributed by atoms with Crippen LogP contribution in [0.2, 0.25) is 0 Å². The van der Waals surface area contributed by atoms with Crippen molar-refractivity contribution in [3.63, 3.8) is 0 Å². The lowest BCUT2D eigenvalue weighted by molar-refractivity contribution is 0.205. The van der Waals surface area contributed by atoms with E-state index in [0.29, 0.717) is 5.33 Å². The maximum Gasteiger partial charge on any atom is 0.164 e. The van der Waals surface area contributed by atoms with Gasteiger partial charge < -0.3 is 5.11 Å². The molecule has 0 aliphatic heterocycles. The summed E-state index contributed by atoms with van der Waals surface area (Å²) in [6.07, 6.45) is -0.486. The first-order valence-corrected chi connectivity index (χ1v) is 7.89. The Bertz CT molecular complexity index is 780. The van der Waals surface area contributed by atoms with E-state index in [1.165, 1.54) is 0 Å². The van der Waals surface area contributed by atoms with Crippen LogP contribution < -0.4 is 0 Å². The molecule has 0 aliphatic rings. The van der Waals surface area contributed by atoms with Gasteiger partial charge in [0.05, 0.1) is 6.10 Å². The number of imidazole rings is 1. The number of aromatic nitrogens is 3. The Morgan fingerprint density at radius 2 is 1.81 bits per heavy atom. The van der Waals surface area contributed by atoms with Gasteiger partial charge in [-0.25, -0.2) is 9.97 Å². The topological polar surface area (TPSA) is 50.9 Å². The van der Waals surface area contributed by atoms with Crippen LogP contribution in [0.4, 0.5) is 0 Å². The summed E-state index contributed by atoms with van der Waals surface area (Å²) >= 11 is 3.29. The molecule has 2 heterocycles. The van der Waals surface area contributed by atoms with Crippen LogP contribution in [0, 0.1) is 13.8 Å². The molecule has 0 bridgehead atoms. The van der Waals surface area contributed by atoms with Gasteiger partial charge >= 0.3 is 0 Å². The predicted octanol–water partition coefficient (Wildman–Crippen LogP) is 3.47. The first-order chi connectivity index (χ1) is 10.1. The monoisotopic (exact) mass is 345 g/mol. The van der Waals surface area contributed by atoms with Gasteiger partial charge in [-0.05, 0) is 43.7 Å². The zero-order chi connectivity index (χ0) is 15.0. The third-order valence-corrected chi connectivity index (χ3v) is 4.11. The second-order valence-corrected chi connectivity index (χ2v) is 5.70. The molecule has 0 radical (unpaired) electrons. The number of aliphatic hydroxyl groups excluding tert-OH is 1. The average Bonchev–Trinajstić information content (AvgIpc) is 2.82. The molecular formula is C16H16BrN3O. The minimum atomic E-state index is -0.486. The van der Waals surface area contributed by atoms with Crippen molar-refractivity contribution >= 4 is 27.1 Å². The van der Waals surface area contributed by atoms with Crippen LogP contribution in [0.25, 0.3) is 16.9 Å². The van der Waals surface area contributed by atoms with Crippen molar-refractivity contribution in [2.75, 3.05) is 5.33 Å². The van der Waals surface area contributed by atoms with Crippen molar-refractivity contribution < 1.29 is 5.11 Å². The molecule has 5 heteroatoms.